The first-order valence-corrected chi connectivity index (χ1v) is 5.98. The van der Waals surface area contributed by atoms with Crippen LogP contribution in [0.1, 0.15) is 16.1 Å². The lowest BCUT2D eigenvalue weighted by molar-refractivity contribution is 0.102. The molecule has 0 saturated heterocycles. The number of amides is 1. The number of nitrogens with two attached hydrogens (primary N) is 1. The summed E-state index contributed by atoms with van der Waals surface area (Å²) in [5, 5.41) is 2.78. The van der Waals surface area contributed by atoms with Gasteiger partial charge in [0.1, 0.15) is 24.4 Å². The number of rotatable bonds is 5. The van der Waals surface area contributed by atoms with E-state index in [-0.39, 0.29) is 5.91 Å². The molecule has 1 heterocycles. The molecule has 100 valence electrons. The predicted octanol–water partition coefficient (Wildman–Crippen LogP) is 2.18. The van der Waals surface area contributed by atoms with E-state index in [1.165, 1.54) is 6.26 Å². The van der Waals surface area contributed by atoms with Crippen LogP contribution in [0.15, 0.2) is 41.0 Å². The number of furan rings is 1. The average Bonchev–Trinajstić information content (AvgIpc) is 2.85. The fraction of sp³-hybridized carbons (Fsp3) is 0.214. The zero-order valence-electron chi connectivity index (χ0n) is 10.7. The van der Waals surface area contributed by atoms with Crippen LogP contribution in [0.5, 0.6) is 5.75 Å². The minimum Gasteiger partial charge on any atom is -0.492 e. The molecule has 0 aliphatic rings. The van der Waals surface area contributed by atoms with E-state index in [2.05, 4.69) is 5.32 Å². The summed E-state index contributed by atoms with van der Waals surface area (Å²) < 4.78 is 10.4. The summed E-state index contributed by atoms with van der Waals surface area (Å²) in [7, 11) is 0. The van der Waals surface area contributed by atoms with E-state index in [0.29, 0.717) is 30.2 Å². The van der Waals surface area contributed by atoms with Crippen LogP contribution in [-0.4, -0.2) is 19.1 Å². The molecule has 19 heavy (non-hydrogen) atoms. The number of anilines is 1. The second kappa shape index (κ2) is 6.06. The predicted molar refractivity (Wildman–Crippen MR) is 72.4 cm³/mol. The number of aryl methyl sites for hydroxylation is 1. The molecule has 0 spiro atoms. The fourth-order valence-corrected chi connectivity index (χ4v) is 1.58. The maximum atomic E-state index is 11.9. The highest BCUT2D eigenvalue weighted by Gasteiger charge is 2.08. The molecule has 1 aromatic heterocycles. The van der Waals surface area contributed by atoms with Crippen LogP contribution in [0.3, 0.4) is 0 Å². The Morgan fingerprint density at radius 1 is 1.37 bits per heavy atom. The van der Waals surface area contributed by atoms with Gasteiger partial charge in [-0.25, -0.2) is 0 Å². The molecular weight excluding hydrogens is 244 g/mol. The van der Waals surface area contributed by atoms with Gasteiger partial charge in [0.05, 0.1) is 5.56 Å². The number of ether oxygens (including phenoxy) is 1. The van der Waals surface area contributed by atoms with Crippen LogP contribution in [0.25, 0.3) is 0 Å². The number of carbonyl (C=O) groups excluding carboxylic acids is 1. The van der Waals surface area contributed by atoms with Gasteiger partial charge in [-0.3, -0.25) is 4.79 Å². The third kappa shape index (κ3) is 3.59. The van der Waals surface area contributed by atoms with Crippen LogP contribution >= 0.6 is 0 Å². The van der Waals surface area contributed by atoms with Crippen LogP contribution < -0.4 is 15.8 Å². The molecule has 0 unspecified atom stereocenters. The largest absolute Gasteiger partial charge is 0.492 e. The molecule has 1 aromatic carbocycles. The number of nitrogens with one attached hydrogen (secondary N) is 1. The van der Waals surface area contributed by atoms with Crippen molar-refractivity contribution in [2.75, 3.05) is 18.5 Å². The van der Waals surface area contributed by atoms with E-state index in [1.807, 2.05) is 0 Å². The molecule has 0 atom stereocenters. The summed E-state index contributed by atoms with van der Waals surface area (Å²) in [5.41, 5.74) is 6.55. The highest BCUT2D eigenvalue weighted by Crippen LogP contribution is 2.17. The van der Waals surface area contributed by atoms with Crippen molar-refractivity contribution >= 4 is 11.6 Å². The third-order valence-corrected chi connectivity index (χ3v) is 2.49. The highest BCUT2D eigenvalue weighted by atomic mass is 16.5. The van der Waals surface area contributed by atoms with Gasteiger partial charge < -0.3 is 20.2 Å². The lowest BCUT2D eigenvalue weighted by Crippen LogP contribution is -2.11. The van der Waals surface area contributed by atoms with Gasteiger partial charge in [-0.2, -0.15) is 0 Å². The topological polar surface area (TPSA) is 77.5 Å². The van der Waals surface area contributed by atoms with Gasteiger partial charge >= 0.3 is 0 Å². The van der Waals surface area contributed by atoms with E-state index in [4.69, 9.17) is 14.9 Å². The van der Waals surface area contributed by atoms with E-state index < -0.39 is 0 Å². The Kier molecular flexibility index (Phi) is 4.20. The summed E-state index contributed by atoms with van der Waals surface area (Å²) in [6.07, 6.45) is 1.43. The molecule has 5 heteroatoms. The smallest absolute Gasteiger partial charge is 0.258 e. The third-order valence-electron chi connectivity index (χ3n) is 2.49. The molecule has 0 fully saturated rings. The maximum Gasteiger partial charge on any atom is 0.258 e. The van der Waals surface area contributed by atoms with Crippen molar-refractivity contribution < 1.29 is 13.9 Å². The molecule has 1 amide bonds. The Balaban J connectivity index is 1.97. The van der Waals surface area contributed by atoms with Crippen molar-refractivity contribution in [3.8, 4) is 5.75 Å². The normalized spacial score (nSPS) is 10.2. The number of benzene rings is 1. The molecule has 3 N–H and O–H groups in total. The van der Waals surface area contributed by atoms with Crippen molar-refractivity contribution in [3.05, 3.63) is 47.9 Å². The second-order valence-corrected chi connectivity index (χ2v) is 4.06. The number of carbonyl (C=O) groups is 1. The molecule has 2 aromatic rings. The van der Waals surface area contributed by atoms with Crippen molar-refractivity contribution in [1.82, 2.24) is 0 Å². The zero-order valence-corrected chi connectivity index (χ0v) is 10.7. The van der Waals surface area contributed by atoms with E-state index in [0.717, 1.165) is 5.75 Å². The monoisotopic (exact) mass is 260 g/mol. The van der Waals surface area contributed by atoms with Gasteiger partial charge in [0.2, 0.25) is 0 Å². The number of hydrogen-bond donors (Lipinski definition) is 2. The molecule has 0 bridgehead atoms. The van der Waals surface area contributed by atoms with Gasteiger partial charge in [0.15, 0.2) is 0 Å². The van der Waals surface area contributed by atoms with Crippen molar-refractivity contribution in [1.29, 1.82) is 0 Å². The van der Waals surface area contributed by atoms with Gasteiger partial charge in [0.25, 0.3) is 5.91 Å². The Morgan fingerprint density at radius 3 is 2.68 bits per heavy atom. The SMILES string of the molecule is Cc1cc(C(=O)Nc2ccc(OCCN)cc2)co1. The average molecular weight is 260 g/mol. The van der Waals surface area contributed by atoms with Gasteiger partial charge in [-0.05, 0) is 37.3 Å². The second-order valence-electron chi connectivity index (χ2n) is 4.06. The van der Waals surface area contributed by atoms with Crippen LogP contribution in [0, 0.1) is 6.92 Å². The Hall–Kier alpha value is -2.27. The fourth-order valence-electron chi connectivity index (χ4n) is 1.58. The molecule has 5 nitrogen and oxygen atoms in total. The standard InChI is InChI=1S/C14H16N2O3/c1-10-8-11(9-19-10)14(17)16-12-2-4-13(5-3-12)18-7-6-15/h2-5,8-9H,6-7,15H2,1H3,(H,16,17). The van der Waals surface area contributed by atoms with Crippen molar-refractivity contribution in [2.24, 2.45) is 5.73 Å². The molecule has 0 radical (unpaired) electrons. The summed E-state index contributed by atoms with van der Waals surface area (Å²) >= 11 is 0. The van der Waals surface area contributed by atoms with Gasteiger partial charge in [-0.15, -0.1) is 0 Å². The zero-order chi connectivity index (χ0) is 13.7. The molecule has 2 rings (SSSR count). The van der Waals surface area contributed by atoms with Crippen molar-refractivity contribution in [2.45, 2.75) is 6.92 Å². The minimum atomic E-state index is -0.201. The summed E-state index contributed by atoms with van der Waals surface area (Å²) in [6, 6.07) is 8.80. The first-order chi connectivity index (χ1) is 9.19. The van der Waals surface area contributed by atoms with Crippen LogP contribution in [-0.2, 0) is 0 Å². The van der Waals surface area contributed by atoms with E-state index in [1.54, 1.807) is 37.3 Å². The molecule has 0 aliphatic carbocycles. The maximum absolute atomic E-state index is 11.9. The minimum absolute atomic E-state index is 0.201. The summed E-state index contributed by atoms with van der Waals surface area (Å²) in [5.74, 6) is 1.23. The lowest BCUT2D eigenvalue weighted by atomic mass is 10.2. The van der Waals surface area contributed by atoms with Gasteiger partial charge in [-0.1, -0.05) is 0 Å². The Bertz CT molecular complexity index is 546. The van der Waals surface area contributed by atoms with E-state index >= 15 is 0 Å². The Morgan fingerprint density at radius 2 is 2.11 bits per heavy atom. The van der Waals surface area contributed by atoms with Crippen molar-refractivity contribution in [3.63, 3.8) is 0 Å². The van der Waals surface area contributed by atoms with E-state index in [9.17, 15) is 4.79 Å². The summed E-state index contributed by atoms with van der Waals surface area (Å²) in [4.78, 5) is 11.9. The Labute approximate surface area is 111 Å². The molecule has 0 saturated carbocycles. The van der Waals surface area contributed by atoms with Gasteiger partial charge in [0, 0.05) is 12.2 Å². The van der Waals surface area contributed by atoms with Crippen LogP contribution in [0.2, 0.25) is 0 Å². The summed E-state index contributed by atoms with van der Waals surface area (Å²) in [6.45, 7) is 2.73. The first kappa shape index (κ1) is 13.2. The quantitative estimate of drug-likeness (QED) is 0.863. The number of hydrogen-bond acceptors (Lipinski definition) is 4. The highest BCUT2D eigenvalue weighted by molar-refractivity contribution is 6.04. The molecule has 0 aliphatic heterocycles. The first-order valence-electron chi connectivity index (χ1n) is 5.98. The van der Waals surface area contributed by atoms with Crippen LogP contribution in [0.4, 0.5) is 5.69 Å². The lowest BCUT2D eigenvalue weighted by Gasteiger charge is -2.06. The molecular formula is C14H16N2O3.